The summed E-state index contributed by atoms with van der Waals surface area (Å²) in [5.74, 6) is 0.0694. The Balaban J connectivity index is 1.17. The molecular weight excluding hydrogens is 686 g/mol. The van der Waals surface area contributed by atoms with Crippen LogP contribution in [0.3, 0.4) is 0 Å². The number of likely N-dealkylation sites (tertiary alicyclic amines) is 1. The summed E-state index contributed by atoms with van der Waals surface area (Å²) in [5.41, 5.74) is 6.08. The van der Waals surface area contributed by atoms with Crippen LogP contribution in [0.25, 0.3) is 22.3 Å². The molecule has 1 amide bonds. The molecule has 3 heterocycles. The van der Waals surface area contributed by atoms with E-state index in [1.165, 1.54) is 17.4 Å². The number of hydrogen-bond acceptors (Lipinski definition) is 7. The Hall–Kier alpha value is -4.70. The highest BCUT2D eigenvalue weighted by atomic mass is 32.1. The number of fused-ring (bicyclic) bond motifs is 1. The van der Waals surface area contributed by atoms with Crippen molar-refractivity contribution < 1.29 is 23.1 Å². The molecule has 4 aromatic rings. The monoisotopic (exact) mass is 728 g/mol. The molecule has 1 saturated heterocycles. The first kappa shape index (κ1) is 37.1. The summed E-state index contributed by atoms with van der Waals surface area (Å²) >= 11 is 1.18. The fourth-order valence-corrected chi connectivity index (χ4v) is 8.47. The quantitative estimate of drug-likeness (QED) is 0.129. The Labute approximate surface area is 305 Å². The fourth-order valence-electron chi connectivity index (χ4n) is 7.33. The lowest BCUT2D eigenvalue weighted by Crippen LogP contribution is -2.43. The first-order valence-electron chi connectivity index (χ1n) is 17.4. The third kappa shape index (κ3) is 7.87. The van der Waals surface area contributed by atoms with Gasteiger partial charge in [-0.2, -0.15) is 18.4 Å². The van der Waals surface area contributed by atoms with E-state index < -0.39 is 18.7 Å². The van der Waals surface area contributed by atoms with Crippen LogP contribution >= 0.6 is 11.3 Å². The number of amides is 1. The molecule has 2 fully saturated rings. The molecule has 2 aromatic heterocycles. The van der Waals surface area contributed by atoms with Crippen LogP contribution in [0.2, 0.25) is 0 Å². The third-order valence-corrected chi connectivity index (χ3v) is 11.3. The summed E-state index contributed by atoms with van der Waals surface area (Å²) < 4.78 is 42.4. The number of piperidine rings is 1. The SMILES string of the molecule is C=CC(=O)Nc1cccc(C2C(O)C2n2c(C#N)cc3c(C)c(CN4CCC(NC(/N=C\C)=c5\cc(CC(F)(F)F)sc5=C(C)C)CC4)ccc32)c1. The normalized spacial score (nSPS) is 20.2. The smallest absolute Gasteiger partial charge is 0.390 e. The number of benzene rings is 2. The number of halogens is 3. The van der Waals surface area contributed by atoms with Gasteiger partial charge in [0.25, 0.3) is 0 Å². The minimum atomic E-state index is -4.27. The number of aryl methyl sites for hydroxylation is 1. The number of rotatable bonds is 10. The lowest BCUT2D eigenvalue weighted by Gasteiger charge is -2.33. The Morgan fingerprint density at radius 1 is 1.17 bits per heavy atom. The maximum absolute atomic E-state index is 13.2. The van der Waals surface area contributed by atoms with E-state index in [0.29, 0.717) is 22.4 Å². The number of aliphatic imine (C=N–C) groups is 1. The van der Waals surface area contributed by atoms with E-state index in [4.69, 9.17) is 0 Å². The summed E-state index contributed by atoms with van der Waals surface area (Å²) in [6.45, 7) is 13.6. The molecule has 1 aliphatic carbocycles. The largest absolute Gasteiger partial charge is 0.393 e. The number of nitriles is 1. The van der Waals surface area contributed by atoms with Gasteiger partial charge >= 0.3 is 6.18 Å². The zero-order valence-electron chi connectivity index (χ0n) is 29.7. The number of anilines is 1. The second-order valence-corrected chi connectivity index (χ2v) is 14.9. The minimum absolute atomic E-state index is 0.124. The maximum atomic E-state index is 13.2. The third-order valence-electron chi connectivity index (χ3n) is 9.93. The molecular formula is C40H43F3N6O2S. The summed E-state index contributed by atoms with van der Waals surface area (Å²) in [6, 6.07) is 17.2. The molecule has 8 nitrogen and oxygen atoms in total. The van der Waals surface area contributed by atoms with Crippen LogP contribution in [0.1, 0.15) is 72.8 Å². The molecule has 0 radical (unpaired) electrons. The molecule has 12 heteroatoms. The molecule has 1 aliphatic heterocycles. The first-order chi connectivity index (χ1) is 24.8. The number of aliphatic hydroxyl groups excluding tert-OH is 1. The molecule has 52 heavy (non-hydrogen) atoms. The number of aromatic nitrogens is 1. The van der Waals surface area contributed by atoms with Gasteiger partial charge in [-0.15, -0.1) is 11.3 Å². The van der Waals surface area contributed by atoms with E-state index in [2.05, 4.69) is 46.2 Å². The van der Waals surface area contributed by atoms with Crippen LogP contribution in [0, 0.1) is 18.3 Å². The van der Waals surface area contributed by atoms with E-state index in [1.807, 2.05) is 48.7 Å². The van der Waals surface area contributed by atoms with Crippen molar-refractivity contribution in [3.63, 3.8) is 0 Å². The summed E-state index contributed by atoms with van der Waals surface area (Å²) in [6.07, 6.45) is -1.33. The number of thiophene rings is 1. The van der Waals surface area contributed by atoms with Crippen LogP contribution in [0.5, 0.6) is 0 Å². The molecule has 0 spiro atoms. The van der Waals surface area contributed by atoms with Gasteiger partial charge in [-0.25, -0.2) is 4.99 Å². The molecule has 3 N–H and O–H groups in total. The predicted molar refractivity (Wildman–Crippen MR) is 202 cm³/mol. The minimum Gasteiger partial charge on any atom is -0.390 e. The van der Waals surface area contributed by atoms with Crippen LogP contribution in [-0.2, 0) is 17.8 Å². The van der Waals surface area contributed by atoms with Gasteiger partial charge in [0.15, 0.2) is 0 Å². The van der Waals surface area contributed by atoms with E-state index in [1.54, 1.807) is 25.3 Å². The number of nitrogens with one attached hydrogen (secondary N) is 2. The van der Waals surface area contributed by atoms with Gasteiger partial charge in [-0.3, -0.25) is 9.69 Å². The van der Waals surface area contributed by atoms with Crippen molar-refractivity contribution in [1.29, 1.82) is 5.26 Å². The summed E-state index contributed by atoms with van der Waals surface area (Å²) in [5, 5.41) is 29.3. The highest BCUT2D eigenvalue weighted by Crippen LogP contribution is 2.54. The zero-order valence-corrected chi connectivity index (χ0v) is 30.5. The fraction of sp³-hybridized carbons (Fsp3) is 0.375. The zero-order chi connectivity index (χ0) is 37.3. The number of hydrogen-bond donors (Lipinski definition) is 3. The Morgan fingerprint density at radius 3 is 2.58 bits per heavy atom. The lowest BCUT2D eigenvalue weighted by atomic mass is 10.0. The Morgan fingerprint density at radius 2 is 1.92 bits per heavy atom. The molecule has 1 saturated carbocycles. The average Bonchev–Trinajstić information content (AvgIpc) is 3.39. The van der Waals surface area contributed by atoms with E-state index in [9.17, 15) is 28.3 Å². The number of aliphatic hydroxyl groups is 1. The second kappa shape index (κ2) is 15.1. The van der Waals surface area contributed by atoms with Crippen LogP contribution in [-0.4, -0.2) is 58.1 Å². The number of carbonyl (C=O) groups excluding carboxylic acids is 1. The van der Waals surface area contributed by atoms with Gasteiger partial charge in [0.2, 0.25) is 5.91 Å². The van der Waals surface area contributed by atoms with Crippen molar-refractivity contribution in [3.05, 3.63) is 98.2 Å². The first-order valence-corrected chi connectivity index (χ1v) is 18.2. The molecule has 2 aliphatic rings. The molecule has 3 unspecified atom stereocenters. The molecule has 3 atom stereocenters. The second-order valence-electron chi connectivity index (χ2n) is 13.8. The van der Waals surface area contributed by atoms with Crippen molar-refractivity contribution in [1.82, 2.24) is 14.8 Å². The summed E-state index contributed by atoms with van der Waals surface area (Å²) in [4.78, 5) is 19.1. The highest BCUT2D eigenvalue weighted by molar-refractivity contribution is 7.09. The number of carbonyl (C=O) groups is 1. The van der Waals surface area contributed by atoms with Crippen molar-refractivity contribution in [2.75, 3.05) is 18.4 Å². The van der Waals surface area contributed by atoms with Crippen molar-refractivity contribution >= 4 is 51.4 Å². The molecule has 272 valence electrons. The highest BCUT2D eigenvalue weighted by Gasteiger charge is 2.52. The van der Waals surface area contributed by atoms with E-state index in [-0.39, 0.29) is 28.8 Å². The predicted octanol–water partition coefficient (Wildman–Crippen LogP) is 6.41. The Kier molecular flexibility index (Phi) is 10.8. The van der Waals surface area contributed by atoms with Crippen LogP contribution < -0.4 is 20.4 Å². The molecule has 6 rings (SSSR count). The van der Waals surface area contributed by atoms with Gasteiger partial charge < -0.3 is 20.3 Å². The average molecular weight is 729 g/mol. The van der Waals surface area contributed by atoms with Gasteiger partial charge in [0.1, 0.15) is 17.6 Å². The number of alkyl halides is 3. The topological polar surface area (TPSA) is 106 Å². The van der Waals surface area contributed by atoms with Gasteiger partial charge in [-0.05, 0) is 93.6 Å². The Bertz CT molecular complexity index is 2200. The lowest BCUT2D eigenvalue weighted by molar-refractivity contribution is -0.126. The van der Waals surface area contributed by atoms with E-state index >= 15 is 0 Å². The van der Waals surface area contributed by atoms with Gasteiger partial charge in [0.05, 0.1) is 18.6 Å². The van der Waals surface area contributed by atoms with Crippen LogP contribution in [0.15, 0.2) is 66.2 Å². The molecule has 2 aromatic carbocycles. The van der Waals surface area contributed by atoms with E-state index in [0.717, 1.165) is 70.2 Å². The van der Waals surface area contributed by atoms with Gasteiger partial charge in [0, 0.05) is 69.0 Å². The summed E-state index contributed by atoms with van der Waals surface area (Å²) in [7, 11) is 0. The molecule has 0 bridgehead atoms. The maximum Gasteiger partial charge on any atom is 0.393 e. The standard InChI is InChI=1S/C40H43F3N6O2S/c1-6-34(50)46-28-10-8-9-25(17-28)35-36(37(35)51)49-29(21-44)18-31-24(5)26(11-12-33(31)49)22-48-15-13-27(14-16-48)47-39(45-7-2)32-19-30(20-40(41,42)43)52-38(32)23(3)4/h6-12,17-19,27,35-37,47,51H,1,13-16,20,22H2,2-5H3,(H,46,50)/b39-32+,45-7-. The van der Waals surface area contributed by atoms with Crippen molar-refractivity contribution in [2.24, 2.45) is 4.99 Å². The van der Waals surface area contributed by atoms with Crippen molar-refractivity contribution in [2.45, 2.75) is 83.8 Å². The van der Waals surface area contributed by atoms with Crippen molar-refractivity contribution in [3.8, 4) is 6.07 Å². The van der Waals surface area contributed by atoms with Crippen LogP contribution in [0.4, 0.5) is 18.9 Å². The number of nitrogens with zero attached hydrogens (tertiary/aromatic N) is 4. The van der Waals surface area contributed by atoms with Gasteiger partial charge in [-0.1, -0.05) is 30.4 Å².